The molecule has 1 heterocycles. The third kappa shape index (κ3) is 4.87. The van der Waals surface area contributed by atoms with E-state index in [4.69, 9.17) is 0 Å². The topological polar surface area (TPSA) is 88.2 Å². The minimum atomic E-state index is -3.62. The Morgan fingerprint density at radius 3 is 2.25 bits per heavy atom. The molecule has 7 heteroatoms. The Kier molecular flexibility index (Phi) is 5.05. The van der Waals surface area contributed by atoms with Gasteiger partial charge in [-0.15, -0.1) is 0 Å². The van der Waals surface area contributed by atoms with E-state index in [0.717, 1.165) is 5.56 Å². The van der Waals surface area contributed by atoms with Crippen LogP contribution in [0.3, 0.4) is 0 Å². The van der Waals surface area contributed by atoms with Gasteiger partial charge in [0.25, 0.3) is 5.91 Å². The van der Waals surface area contributed by atoms with Crippen molar-refractivity contribution in [1.29, 1.82) is 0 Å². The Labute approximate surface area is 142 Å². The molecule has 2 aromatic rings. The zero-order valence-corrected chi connectivity index (χ0v) is 14.9. The molecule has 0 saturated carbocycles. The number of nitrogens with zero attached hydrogens (tertiary/aromatic N) is 1. The van der Waals surface area contributed by atoms with Crippen molar-refractivity contribution in [2.24, 2.45) is 0 Å². The van der Waals surface area contributed by atoms with Crippen LogP contribution in [0.2, 0.25) is 0 Å². The third-order valence-corrected chi connectivity index (χ3v) is 4.80. The molecule has 1 amide bonds. The lowest BCUT2D eigenvalue weighted by Crippen LogP contribution is -2.40. The number of hydrogen-bond donors (Lipinski definition) is 2. The Morgan fingerprint density at radius 2 is 1.71 bits per heavy atom. The van der Waals surface area contributed by atoms with Gasteiger partial charge < -0.3 is 5.32 Å². The minimum absolute atomic E-state index is 0.114. The van der Waals surface area contributed by atoms with Crippen molar-refractivity contribution < 1.29 is 13.2 Å². The Bertz CT molecular complexity index is 838. The smallest absolute Gasteiger partial charge is 0.256 e. The van der Waals surface area contributed by atoms with E-state index >= 15 is 0 Å². The van der Waals surface area contributed by atoms with Gasteiger partial charge in [-0.1, -0.05) is 0 Å². The summed E-state index contributed by atoms with van der Waals surface area (Å²) < 4.78 is 27.0. The van der Waals surface area contributed by atoms with E-state index in [1.807, 2.05) is 13.0 Å². The van der Waals surface area contributed by atoms with E-state index in [0.29, 0.717) is 11.4 Å². The molecule has 0 spiro atoms. The number of carbonyl (C=O) groups is 1. The second-order valence-electron chi connectivity index (χ2n) is 6.55. The number of amides is 1. The molecule has 0 fully saturated rings. The number of aryl methyl sites for hydroxylation is 1. The standard InChI is InChI=1S/C17H21N3O3S/c1-12-9-10-18-15(11-12)19-16(21)13-5-7-14(8-6-13)24(22,23)20-17(2,3)4/h5-11,20H,1-4H3,(H,18,19,21). The highest BCUT2D eigenvalue weighted by atomic mass is 32.2. The van der Waals surface area contributed by atoms with Crippen molar-refractivity contribution in [3.63, 3.8) is 0 Å². The van der Waals surface area contributed by atoms with E-state index < -0.39 is 15.6 Å². The largest absolute Gasteiger partial charge is 0.307 e. The van der Waals surface area contributed by atoms with Crippen molar-refractivity contribution in [2.75, 3.05) is 5.32 Å². The zero-order valence-electron chi connectivity index (χ0n) is 14.1. The predicted molar refractivity (Wildman–Crippen MR) is 93.4 cm³/mol. The van der Waals surface area contributed by atoms with Gasteiger partial charge in [0.2, 0.25) is 10.0 Å². The second kappa shape index (κ2) is 6.70. The molecule has 24 heavy (non-hydrogen) atoms. The van der Waals surface area contributed by atoms with Crippen LogP contribution in [0, 0.1) is 6.92 Å². The zero-order chi connectivity index (χ0) is 18.0. The highest BCUT2D eigenvalue weighted by Gasteiger charge is 2.22. The fraction of sp³-hybridized carbons (Fsp3) is 0.294. The highest BCUT2D eigenvalue weighted by Crippen LogP contribution is 2.15. The number of hydrogen-bond acceptors (Lipinski definition) is 4. The van der Waals surface area contributed by atoms with Crippen LogP contribution in [0.5, 0.6) is 0 Å². The van der Waals surface area contributed by atoms with Crippen LogP contribution in [0.4, 0.5) is 5.82 Å². The maximum absolute atomic E-state index is 12.2. The van der Waals surface area contributed by atoms with Crippen LogP contribution in [0.15, 0.2) is 47.5 Å². The Morgan fingerprint density at radius 1 is 1.08 bits per heavy atom. The molecule has 0 aliphatic heterocycles. The molecule has 6 nitrogen and oxygen atoms in total. The first-order valence-electron chi connectivity index (χ1n) is 7.45. The summed E-state index contributed by atoms with van der Waals surface area (Å²) in [5.74, 6) is 0.104. The monoisotopic (exact) mass is 347 g/mol. The maximum Gasteiger partial charge on any atom is 0.256 e. The van der Waals surface area contributed by atoms with Crippen LogP contribution in [-0.2, 0) is 10.0 Å². The van der Waals surface area contributed by atoms with Gasteiger partial charge in [0, 0.05) is 17.3 Å². The minimum Gasteiger partial charge on any atom is -0.307 e. The second-order valence-corrected chi connectivity index (χ2v) is 8.23. The number of sulfonamides is 1. The molecule has 128 valence electrons. The molecule has 1 aromatic heterocycles. The van der Waals surface area contributed by atoms with Crippen LogP contribution in [0.1, 0.15) is 36.7 Å². The predicted octanol–water partition coefficient (Wildman–Crippen LogP) is 2.72. The summed E-state index contributed by atoms with van der Waals surface area (Å²) in [4.78, 5) is 16.4. The summed E-state index contributed by atoms with van der Waals surface area (Å²) in [6, 6.07) is 9.35. The first-order valence-corrected chi connectivity index (χ1v) is 8.93. The van der Waals surface area contributed by atoms with Gasteiger partial charge in [-0.3, -0.25) is 4.79 Å². The van der Waals surface area contributed by atoms with Crippen molar-refractivity contribution >= 4 is 21.7 Å². The third-order valence-electron chi connectivity index (χ3n) is 3.02. The lowest BCUT2D eigenvalue weighted by atomic mass is 10.1. The summed E-state index contributed by atoms with van der Waals surface area (Å²) in [6.45, 7) is 7.20. The molecule has 0 atom stereocenters. The van der Waals surface area contributed by atoms with Crippen LogP contribution in [0.25, 0.3) is 0 Å². The van der Waals surface area contributed by atoms with Gasteiger partial charge in [-0.25, -0.2) is 18.1 Å². The molecule has 1 aromatic carbocycles. The first kappa shape index (κ1) is 18.1. The van der Waals surface area contributed by atoms with Gasteiger partial charge in [0.15, 0.2) is 0 Å². The van der Waals surface area contributed by atoms with Gasteiger partial charge >= 0.3 is 0 Å². The van der Waals surface area contributed by atoms with Crippen molar-refractivity contribution in [2.45, 2.75) is 38.1 Å². The number of aromatic nitrogens is 1. The molecule has 0 radical (unpaired) electrons. The van der Waals surface area contributed by atoms with E-state index in [9.17, 15) is 13.2 Å². The van der Waals surface area contributed by atoms with E-state index in [-0.39, 0.29) is 10.8 Å². The number of anilines is 1. The van der Waals surface area contributed by atoms with E-state index in [2.05, 4.69) is 15.0 Å². The van der Waals surface area contributed by atoms with Gasteiger partial charge in [0.1, 0.15) is 5.82 Å². The van der Waals surface area contributed by atoms with Gasteiger partial charge in [0.05, 0.1) is 4.90 Å². The summed E-state index contributed by atoms with van der Waals surface area (Å²) in [7, 11) is -3.62. The lowest BCUT2D eigenvalue weighted by molar-refractivity contribution is 0.102. The molecular formula is C17H21N3O3S. The molecular weight excluding hydrogens is 326 g/mol. The SMILES string of the molecule is Cc1ccnc(NC(=O)c2ccc(S(=O)(=O)NC(C)(C)C)cc2)c1. The summed E-state index contributed by atoms with van der Waals surface area (Å²) >= 11 is 0. The van der Waals surface area contributed by atoms with Crippen LogP contribution in [-0.4, -0.2) is 24.8 Å². The van der Waals surface area contributed by atoms with Crippen molar-refractivity contribution in [3.8, 4) is 0 Å². The average Bonchev–Trinajstić information content (AvgIpc) is 2.45. The van der Waals surface area contributed by atoms with Gasteiger partial charge in [-0.05, 0) is 69.7 Å². The summed E-state index contributed by atoms with van der Waals surface area (Å²) in [6.07, 6.45) is 1.61. The molecule has 0 aliphatic rings. The molecule has 0 bridgehead atoms. The first-order chi connectivity index (χ1) is 11.1. The quantitative estimate of drug-likeness (QED) is 0.890. The van der Waals surface area contributed by atoms with Crippen molar-refractivity contribution in [3.05, 3.63) is 53.7 Å². The van der Waals surface area contributed by atoms with Gasteiger partial charge in [-0.2, -0.15) is 0 Å². The lowest BCUT2D eigenvalue weighted by Gasteiger charge is -2.20. The molecule has 2 N–H and O–H groups in total. The molecule has 0 saturated heterocycles. The normalized spacial score (nSPS) is 12.0. The van der Waals surface area contributed by atoms with Crippen molar-refractivity contribution in [1.82, 2.24) is 9.71 Å². The number of rotatable bonds is 4. The van der Waals surface area contributed by atoms with E-state index in [1.54, 1.807) is 33.0 Å². The fourth-order valence-corrected chi connectivity index (χ4v) is 3.46. The molecule has 0 unspecified atom stereocenters. The molecule has 2 rings (SSSR count). The number of carbonyl (C=O) groups excluding carboxylic acids is 1. The summed E-state index contributed by atoms with van der Waals surface area (Å²) in [5.41, 5.74) is 0.758. The number of nitrogens with one attached hydrogen (secondary N) is 2. The highest BCUT2D eigenvalue weighted by molar-refractivity contribution is 7.89. The Hall–Kier alpha value is -2.25. The number of pyridine rings is 1. The van der Waals surface area contributed by atoms with Crippen LogP contribution < -0.4 is 10.0 Å². The molecule has 0 aliphatic carbocycles. The number of benzene rings is 1. The van der Waals surface area contributed by atoms with Crippen LogP contribution >= 0.6 is 0 Å². The summed E-state index contributed by atoms with van der Waals surface area (Å²) in [5, 5.41) is 2.68. The maximum atomic E-state index is 12.2. The van der Waals surface area contributed by atoms with E-state index in [1.165, 1.54) is 24.3 Å². The average molecular weight is 347 g/mol. The Balaban J connectivity index is 2.16. The fourth-order valence-electron chi connectivity index (χ4n) is 2.04.